The van der Waals surface area contributed by atoms with Gasteiger partial charge in [0.1, 0.15) is 5.76 Å². The van der Waals surface area contributed by atoms with Crippen LogP contribution in [0.2, 0.25) is 0 Å². The molecule has 16 heavy (non-hydrogen) atoms. The van der Waals surface area contributed by atoms with Crippen LogP contribution >= 0.6 is 11.8 Å². The molecule has 0 bridgehead atoms. The molecule has 0 saturated carbocycles. The van der Waals surface area contributed by atoms with Gasteiger partial charge in [0.25, 0.3) is 0 Å². The van der Waals surface area contributed by atoms with Crippen molar-refractivity contribution in [3.05, 3.63) is 48.4 Å². The van der Waals surface area contributed by atoms with E-state index in [0.717, 1.165) is 11.4 Å². The Balaban J connectivity index is 2.14. The molecule has 0 spiro atoms. The van der Waals surface area contributed by atoms with Crippen LogP contribution in [0, 0.1) is 0 Å². The topological polar surface area (TPSA) is 25.2 Å². The maximum atomic E-state index is 5.37. The maximum Gasteiger partial charge on any atom is 0.125 e. The van der Waals surface area contributed by atoms with E-state index in [1.54, 1.807) is 18.0 Å². The van der Waals surface area contributed by atoms with E-state index >= 15 is 0 Å². The van der Waals surface area contributed by atoms with Crippen LogP contribution in [0.15, 0.2) is 52.0 Å². The van der Waals surface area contributed by atoms with E-state index in [-0.39, 0.29) is 6.04 Å². The summed E-state index contributed by atoms with van der Waals surface area (Å²) in [6, 6.07) is 12.4. The van der Waals surface area contributed by atoms with Crippen molar-refractivity contribution in [2.24, 2.45) is 0 Å². The Morgan fingerprint density at radius 3 is 2.69 bits per heavy atom. The molecule has 1 heterocycles. The van der Waals surface area contributed by atoms with Crippen LogP contribution in [0.5, 0.6) is 0 Å². The number of anilines is 1. The molecule has 2 aromatic rings. The first-order chi connectivity index (χ1) is 7.81. The molecule has 2 nitrogen and oxygen atoms in total. The summed E-state index contributed by atoms with van der Waals surface area (Å²) in [7, 11) is 0. The first-order valence-corrected chi connectivity index (χ1v) is 6.46. The molecule has 1 aromatic heterocycles. The Bertz CT molecular complexity index is 439. The molecule has 0 aliphatic rings. The second kappa shape index (κ2) is 5.12. The quantitative estimate of drug-likeness (QED) is 0.802. The second-order valence-corrected chi connectivity index (χ2v) is 4.43. The van der Waals surface area contributed by atoms with Crippen molar-refractivity contribution in [3.63, 3.8) is 0 Å². The van der Waals surface area contributed by atoms with E-state index in [0.29, 0.717) is 0 Å². The minimum absolute atomic E-state index is 0.184. The van der Waals surface area contributed by atoms with Gasteiger partial charge >= 0.3 is 0 Å². The van der Waals surface area contributed by atoms with Gasteiger partial charge in [0.2, 0.25) is 0 Å². The number of nitrogens with one attached hydrogen (secondary N) is 1. The van der Waals surface area contributed by atoms with Gasteiger partial charge in [0, 0.05) is 10.6 Å². The Hall–Kier alpha value is -1.35. The average Bonchev–Trinajstić information content (AvgIpc) is 2.83. The van der Waals surface area contributed by atoms with Gasteiger partial charge in [-0.3, -0.25) is 0 Å². The predicted molar refractivity (Wildman–Crippen MR) is 69.0 cm³/mol. The summed E-state index contributed by atoms with van der Waals surface area (Å²) in [4.78, 5) is 1.25. The maximum absolute atomic E-state index is 5.37. The summed E-state index contributed by atoms with van der Waals surface area (Å²) >= 11 is 1.74. The van der Waals surface area contributed by atoms with Gasteiger partial charge in [-0.15, -0.1) is 11.8 Å². The predicted octanol–water partition coefficient (Wildman–Crippen LogP) is 4.17. The molecule has 1 N–H and O–H groups in total. The fourth-order valence-electron chi connectivity index (χ4n) is 1.61. The number of para-hydroxylation sites is 1. The van der Waals surface area contributed by atoms with E-state index < -0.39 is 0 Å². The number of furan rings is 1. The zero-order valence-corrected chi connectivity index (χ0v) is 10.3. The van der Waals surface area contributed by atoms with Crippen LogP contribution in [0.3, 0.4) is 0 Å². The molecular formula is C13H15NOS. The number of rotatable bonds is 4. The third-order valence-corrected chi connectivity index (χ3v) is 3.24. The molecule has 1 atom stereocenters. The molecule has 0 saturated heterocycles. The highest BCUT2D eigenvalue weighted by molar-refractivity contribution is 7.98. The number of hydrogen-bond donors (Lipinski definition) is 1. The lowest BCUT2D eigenvalue weighted by molar-refractivity contribution is 0.490. The van der Waals surface area contributed by atoms with E-state index in [1.165, 1.54) is 4.90 Å². The molecule has 3 heteroatoms. The molecule has 84 valence electrons. The summed E-state index contributed by atoms with van der Waals surface area (Å²) in [5.41, 5.74) is 1.15. The molecule has 1 aromatic carbocycles. The van der Waals surface area contributed by atoms with Crippen molar-refractivity contribution < 1.29 is 4.42 Å². The van der Waals surface area contributed by atoms with E-state index in [9.17, 15) is 0 Å². The number of thioether (sulfide) groups is 1. The lowest BCUT2D eigenvalue weighted by Crippen LogP contribution is -2.06. The third-order valence-electron chi connectivity index (χ3n) is 2.45. The fraction of sp³-hybridized carbons (Fsp3) is 0.231. The van der Waals surface area contributed by atoms with Crippen molar-refractivity contribution in [1.82, 2.24) is 0 Å². The minimum Gasteiger partial charge on any atom is -0.467 e. The fourth-order valence-corrected chi connectivity index (χ4v) is 2.17. The van der Waals surface area contributed by atoms with E-state index in [4.69, 9.17) is 4.42 Å². The average molecular weight is 233 g/mol. The summed E-state index contributed by atoms with van der Waals surface area (Å²) in [6.07, 6.45) is 3.78. The Morgan fingerprint density at radius 1 is 1.19 bits per heavy atom. The number of hydrogen-bond acceptors (Lipinski definition) is 3. The highest BCUT2D eigenvalue weighted by Gasteiger charge is 2.09. The monoisotopic (exact) mass is 233 g/mol. The SMILES string of the molecule is CSc1ccccc1NC(C)c1ccco1. The van der Waals surface area contributed by atoms with Crippen molar-refractivity contribution >= 4 is 17.4 Å². The molecule has 0 amide bonds. The molecule has 0 radical (unpaired) electrons. The van der Waals surface area contributed by atoms with Gasteiger partial charge in [-0.2, -0.15) is 0 Å². The molecule has 0 aliphatic carbocycles. The van der Waals surface area contributed by atoms with E-state index in [1.807, 2.05) is 18.2 Å². The van der Waals surface area contributed by atoms with Gasteiger partial charge in [-0.05, 0) is 37.4 Å². The van der Waals surface area contributed by atoms with Crippen molar-refractivity contribution in [3.8, 4) is 0 Å². The lowest BCUT2D eigenvalue weighted by atomic mass is 10.2. The van der Waals surface area contributed by atoms with Crippen LogP contribution in [0.25, 0.3) is 0 Å². The zero-order chi connectivity index (χ0) is 11.4. The summed E-state index contributed by atoms with van der Waals surface area (Å²) in [5, 5.41) is 3.45. The van der Waals surface area contributed by atoms with Crippen molar-refractivity contribution in [1.29, 1.82) is 0 Å². The van der Waals surface area contributed by atoms with E-state index in [2.05, 4.69) is 36.7 Å². The van der Waals surface area contributed by atoms with Crippen LogP contribution in [0.4, 0.5) is 5.69 Å². The molecular weight excluding hydrogens is 218 g/mol. The van der Waals surface area contributed by atoms with Crippen molar-refractivity contribution in [2.75, 3.05) is 11.6 Å². The Morgan fingerprint density at radius 2 is 2.00 bits per heavy atom. The van der Waals surface area contributed by atoms with Gasteiger partial charge < -0.3 is 9.73 Å². The first-order valence-electron chi connectivity index (χ1n) is 5.24. The normalized spacial score (nSPS) is 12.4. The minimum atomic E-state index is 0.184. The Labute approximate surface area is 100 Å². The smallest absolute Gasteiger partial charge is 0.125 e. The first kappa shape index (κ1) is 11.1. The van der Waals surface area contributed by atoms with Gasteiger partial charge in [-0.1, -0.05) is 12.1 Å². The number of benzene rings is 1. The van der Waals surface area contributed by atoms with Gasteiger partial charge in [-0.25, -0.2) is 0 Å². The van der Waals surface area contributed by atoms with Gasteiger partial charge in [0.15, 0.2) is 0 Å². The third kappa shape index (κ3) is 2.42. The molecule has 0 aliphatic heterocycles. The van der Waals surface area contributed by atoms with Crippen LogP contribution in [-0.4, -0.2) is 6.26 Å². The van der Waals surface area contributed by atoms with Crippen LogP contribution in [0.1, 0.15) is 18.7 Å². The highest BCUT2D eigenvalue weighted by Crippen LogP contribution is 2.28. The molecule has 1 unspecified atom stereocenters. The lowest BCUT2D eigenvalue weighted by Gasteiger charge is -2.15. The molecule has 2 rings (SSSR count). The largest absolute Gasteiger partial charge is 0.467 e. The van der Waals surface area contributed by atoms with Crippen LogP contribution < -0.4 is 5.32 Å². The van der Waals surface area contributed by atoms with Gasteiger partial charge in [0.05, 0.1) is 12.3 Å². The zero-order valence-electron chi connectivity index (χ0n) is 9.44. The summed E-state index contributed by atoms with van der Waals surface area (Å²) < 4.78 is 5.37. The molecule has 0 fully saturated rings. The van der Waals surface area contributed by atoms with Crippen molar-refractivity contribution in [2.45, 2.75) is 17.9 Å². The Kier molecular flexibility index (Phi) is 3.57. The standard InChI is InChI=1S/C13H15NOS/c1-10(12-7-5-9-15-12)14-11-6-3-4-8-13(11)16-2/h3-10,14H,1-2H3. The highest BCUT2D eigenvalue weighted by atomic mass is 32.2. The second-order valence-electron chi connectivity index (χ2n) is 3.58. The summed E-state index contributed by atoms with van der Waals surface area (Å²) in [5.74, 6) is 0.955. The summed E-state index contributed by atoms with van der Waals surface area (Å²) in [6.45, 7) is 2.09. The van der Waals surface area contributed by atoms with Crippen LogP contribution in [-0.2, 0) is 0 Å².